The molecule has 0 amide bonds. The molecule has 0 saturated heterocycles. The largest absolute Gasteiger partial charge is 0.507 e. The second-order valence-electron chi connectivity index (χ2n) is 3.37. The molecule has 3 rings (SSSR count). The maximum atomic E-state index is 9.94. The van der Waals surface area contributed by atoms with E-state index in [0.29, 0.717) is 5.75 Å². The number of benzene rings is 1. The Balaban J connectivity index is 2.61. The van der Waals surface area contributed by atoms with E-state index in [-0.39, 0.29) is 0 Å². The lowest BCUT2D eigenvalue weighted by molar-refractivity contribution is 0.484. The Morgan fingerprint density at radius 2 is 1.71 bits per heavy atom. The van der Waals surface area contributed by atoms with E-state index in [2.05, 4.69) is 4.98 Å². The SMILES string of the molecule is Oc1c2cc[nH]cc-2c2ccccc12. The van der Waals surface area contributed by atoms with Gasteiger partial charge in [-0.15, -0.1) is 0 Å². The first-order chi connectivity index (χ1) is 6.88. The number of hydrogen-bond acceptors (Lipinski definition) is 1. The molecule has 2 N–H and O–H groups in total. The third-order valence-corrected chi connectivity index (χ3v) is 2.59. The molecule has 0 saturated carbocycles. The molecule has 0 fully saturated rings. The van der Waals surface area contributed by atoms with E-state index in [1.54, 1.807) is 0 Å². The van der Waals surface area contributed by atoms with Crippen molar-refractivity contribution in [3.8, 4) is 16.9 Å². The van der Waals surface area contributed by atoms with Gasteiger partial charge in [0, 0.05) is 28.9 Å². The molecule has 0 aromatic heterocycles. The first-order valence-corrected chi connectivity index (χ1v) is 4.54. The molecule has 0 bridgehead atoms. The predicted molar refractivity (Wildman–Crippen MR) is 56.6 cm³/mol. The highest BCUT2D eigenvalue weighted by atomic mass is 16.3. The van der Waals surface area contributed by atoms with Crippen LogP contribution in [0.1, 0.15) is 0 Å². The zero-order chi connectivity index (χ0) is 9.54. The smallest absolute Gasteiger partial charge is 0.131 e. The zero-order valence-electron chi connectivity index (χ0n) is 7.49. The maximum absolute atomic E-state index is 9.94. The lowest BCUT2D eigenvalue weighted by Gasteiger charge is -1.97. The van der Waals surface area contributed by atoms with Crippen molar-refractivity contribution in [1.82, 2.24) is 4.98 Å². The Labute approximate surface area is 81.2 Å². The number of fused-ring (bicyclic) bond motifs is 3. The summed E-state index contributed by atoms with van der Waals surface area (Å²) in [6, 6.07) is 9.76. The highest BCUT2D eigenvalue weighted by Gasteiger charge is 2.15. The van der Waals surface area contributed by atoms with Crippen LogP contribution < -0.4 is 0 Å². The molecule has 68 valence electrons. The van der Waals surface area contributed by atoms with Gasteiger partial charge in [-0.05, 0) is 11.5 Å². The number of aromatic amines is 1. The van der Waals surface area contributed by atoms with Gasteiger partial charge in [0.05, 0.1) is 0 Å². The van der Waals surface area contributed by atoms with Crippen LogP contribution in [-0.2, 0) is 0 Å². The van der Waals surface area contributed by atoms with Crippen LogP contribution in [-0.4, -0.2) is 10.1 Å². The van der Waals surface area contributed by atoms with E-state index in [4.69, 9.17) is 0 Å². The molecule has 1 aromatic rings. The second-order valence-corrected chi connectivity index (χ2v) is 3.37. The van der Waals surface area contributed by atoms with Crippen molar-refractivity contribution < 1.29 is 5.11 Å². The minimum absolute atomic E-state index is 0.379. The Bertz CT molecular complexity index is 568. The Kier molecular flexibility index (Phi) is 1.34. The summed E-state index contributed by atoms with van der Waals surface area (Å²) in [7, 11) is 0. The van der Waals surface area contributed by atoms with E-state index >= 15 is 0 Å². The van der Waals surface area contributed by atoms with Gasteiger partial charge in [-0.1, -0.05) is 24.3 Å². The number of H-pyrrole nitrogens is 1. The van der Waals surface area contributed by atoms with Crippen molar-refractivity contribution in [2.24, 2.45) is 0 Å². The molecule has 1 aromatic carbocycles. The van der Waals surface area contributed by atoms with Gasteiger partial charge in [0.15, 0.2) is 0 Å². The van der Waals surface area contributed by atoms with Crippen LogP contribution in [0.25, 0.3) is 21.9 Å². The Morgan fingerprint density at radius 1 is 0.929 bits per heavy atom. The predicted octanol–water partition coefficient (Wildman–Crippen LogP) is 2.98. The van der Waals surface area contributed by atoms with E-state index < -0.39 is 0 Å². The van der Waals surface area contributed by atoms with Gasteiger partial charge in [-0.2, -0.15) is 0 Å². The van der Waals surface area contributed by atoms with Gasteiger partial charge in [-0.25, -0.2) is 0 Å². The van der Waals surface area contributed by atoms with Crippen molar-refractivity contribution in [3.63, 3.8) is 0 Å². The van der Waals surface area contributed by atoms with Crippen LogP contribution >= 0.6 is 0 Å². The van der Waals surface area contributed by atoms with Gasteiger partial charge in [0.1, 0.15) is 5.75 Å². The van der Waals surface area contributed by atoms with Crippen LogP contribution in [0, 0.1) is 0 Å². The molecular formula is C12H9NO. The van der Waals surface area contributed by atoms with Crippen molar-refractivity contribution >= 4 is 10.8 Å². The third-order valence-electron chi connectivity index (χ3n) is 2.59. The maximum Gasteiger partial charge on any atom is 0.131 e. The zero-order valence-corrected chi connectivity index (χ0v) is 7.49. The minimum atomic E-state index is 0.379. The molecule has 0 radical (unpaired) electrons. The fourth-order valence-electron chi connectivity index (χ4n) is 1.93. The van der Waals surface area contributed by atoms with Gasteiger partial charge in [0.25, 0.3) is 0 Å². The number of aromatic hydroxyl groups is 1. The molecule has 1 aliphatic heterocycles. The van der Waals surface area contributed by atoms with E-state index in [0.717, 1.165) is 21.9 Å². The number of nitrogens with one attached hydrogen (secondary N) is 1. The quantitative estimate of drug-likeness (QED) is 0.552. The normalized spacial score (nSPS) is 11.1. The van der Waals surface area contributed by atoms with Crippen LogP contribution in [0.2, 0.25) is 0 Å². The monoisotopic (exact) mass is 183 g/mol. The van der Waals surface area contributed by atoms with Crippen molar-refractivity contribution in [2.45, 2.75) is 0 Å². The molecule has 14 heavy (non-hydrogen) atoms. The van der Waals surface area contributed by atoms with Crippen LogP contribution in [0.3, 0.4) is 0 Å². The molecule has 2 heteroatoms. The van der Waals surface area contributed by atoms with Crippen LogP contribution in [0.5, 0.6) is 5.75 Å². The van der Waals surface area contributed by atoms with E-state index in [1.807, 2.05) is 42.7 Å². The summed E-state index contributed by atoms with van der Waals surface area (Å²) >= 11 is 0. The first kappa shape index (κ1) is 7.44. The summed E-state index contributed by atoms with van der Waals surface area (Å²) in [4.78, 5) is 3.03. The van der Waals surface area contributed by atoms with Crippen molar-refractivity contribution in [3.05, 3.63) is 42.7 Å². The molecule has 1 heterocycles. The fourth-order valence-corrected chi connectivity index (χ4v) is 1.93. The van der Waals surface area contributed by atoms with Crippen molar-refractivity contribution in [1.29, 1.82) is 0 Å². The third kappa shape index (κ3) is 0.799. The average Bonchev–Trinajstić information content (AvgIpc) is 2.55. The lowest BCUT2D eigenvalue weighted by Crippen LogP contribution is -1.75. The van der Waals surface area contributed by atoms with Gasteiger partial charge in [-0.3, -0.25) is 0 Å². The standard InChI is InChI=1S/C12H9NO/c14-12-9-4-2-1-3-8(9)11-7-13-6-5-10(11)12/h1-7,13-14H. The summed E-state index contributed by atoms with van der Waals surface area (Å²) in [5, 5.41) is 11.9. The number of rotatable bonds is 0. The molecule has 0 atom stereocenters. The topological polar surface area (TPSA) is 36.0 Å². The summed E-state index contributed by atoms with van der Waals surface area (Å²) < 4.78 is 0. The minimum Gasteiger partial charge on any atom is -0.507 e. The van der Waals surface area contributed by atoms with Crippen LogP contribution in [0.4, 0.5) is 0 Å². The summed E-state index contributed by atoms with van der Waals surface area (Å²) in [5.74, 6) is 0.379. The molecular weight excluding hydrogens is 174 g/mol. The molecule has 2 aliphatic rings. The van der Waals surface area contributed by atoms with Crippen LogP contribution in [0.15, 0.2) is 42.7 Å². The molecule has 0 spiro atoms. The summed E-state index contributed by atoms with van der Waals surface area (Å²) in [6.07, 6.45) is 3.73. The number of aromatic nitrogens is 1. The Hall–Kier alpha value is -1.96. The lowest BCUT2D eigenvalue weighted by atomic mass is 10.1. The first-order valence-electron chi connectivity index (χ1n) is 4.54. The summed E-state index contributed by atoms with van der Waals surface area (Å²) in [5.41, 5.74) is 1.98. The highest BCUT2D eigenvalue weighted by molar-refractivity contribution is 6.07. The highest BCUT2D eigenvalue weighted by Crippen LogP contribution is 2.42. The Morgan fingerprint density at radius 3 is 2.57 bits per heavy atom. The van der Waals surface area contributed by atoms with Gasteiger partial charge < -0.3 is 10.1 Å². The van der Waals surface area contributed by atoms with E-state index in [9.17, 15) is 5.11 Å². The second kappa shape index (κ2) is 2.51. The summed E-state index contributed by atoms with van der Waals surface area (Å²) in [6.45, 7) is 0. The average molecular weight is 183 g/mol. The molecule has 1 aliphatic carbocycles. The molecule has 2 nitrogen and oxygen atoms in total. The fraction of sp³-hybridized carbons (Fsp3) is 0. The van der Waals surface area contributed by atoms with E-state index in [1.165, 1.54) is 0 Å². The number of pyridine rings is 1. The van der Waals surface area contributed by atoms with Gasteiger partial charge in [0.2, 0.25) is 0 Å². The number of hydrogen-bond donors (Lipinski definition) is 2. The van der Waals surface area contributed by atoms with Crippen molar-refractivity contribution in [2.75, 3.05) is 0 Å². The molecule has 0 unspecified atom stereocenters. The van der Waals surface area contributed by atoms with Gasteiger partial charge >= 0.3 is 0 Å².